The third-order valence-corrected chi connectivity index (χ3v) is 3.82. The molecule has 4 heteroatoms. The summed E-state index contributed by atoms with van der Waals surface area (Å²) in [4.78, 5) is 14.2. The summed E-state index contributed by atoms with van der Waals surface area (Å²) in [6.07, 6.45) is 0.494. The van der Waals surface area contributed by atoms with Crippen molar-refractivity contribution in [2.24, 2.45) is 5.92 Å². The Labute approximate surface area is 112 Å². The van der Waals surface area contributed by atoms with Crippen LogP contribution in [0.25, 0.3) is 0 Å². The number of likely N-dealkylation sites (tertiary alicyclic amines) is 1. The Kier molecular flexibility index (Phi) is 4.38. The van der Waals surface area contributed by atoms with E-state index < -0.39 is 0 Å². The van der Waals surface area contributed by atoms with Crippen molar-refractivity contribution in [3.8, 4) is 0 Å². The van der Waals surface area contributed by atoms with Gasteiger partial charge in [-0.05, 0) is 24.5 Å². The van der Waals surface area contributed by atoms with Gasteiger partial charge in [-0.25, -0.2) is 0 Å². The van der Waals surface area contributed by atoms with E-state index in [-0.39, 0.29) is 17.8 Å². The van der Waals surface area contributed by atoms with E-state index in [1.165, 1.54) is 0 Å². The third-order valence-electron chi connectivity index (χ3n) is 3.49. The number of ketones is 1. The molecule has 0 spiro atoms. The minimum Gasteiger partial charge on any atom is -0.393 e. The fourth-order valence-corrected chi connectivity index (χ4v) is 2.58. The zero-order valence-corrected chi connectivity index (χ0v) is 11.2. The maximum absolute atomic E-state index is 12.1. The van der Waals surface area contributed by atoms with Crippen LogP contribution in [0.3, 0.4) is 0 Å². The van der Waals surface area contributed by atoms with Crippen molar-refractivity contribution in [1.82, 2.24) is 4.90 Å². The van der Waals surface area contributed by atoms with Gasteiger partial charge in [-0.1, -0.05) is 30.7 Å². The second kappa shape index (κ2) is 5.83. The molecule has 1 heterocycles. The number of aliphatic hydroxyl groups is 1. The van der Waals surface area contributed by atoms with Gasteiger partial charge in [0.05, 0.1) is 17.7 Å². The standard InChI is InChI=1S/C14H18ClNO2/c1-10-8-16(7-6-13(10)17)9-14(18)11-4-2-3-5-12(11)15/h2-5,10,13,17H,6-9H2,1H3. The van der Waals surface area contributed by atoms with E-state index in [1.54, 1.807) is 12.1 Å². The van der Waals surface area contributed by atoms with Crippen LogP contribution < -0.4 is 0 Å². The lowest BCUT2D eigenvalue weighted by Gasteiger charge is -2.33. The molecule has 1 saturated heterocycles. The predicted octanol–water partition coefficient (Wildman–Crippen LogP) is 2.23. The first-order valence-corrected chi connectivity index (χ1v) is 6.64. The first kappa shape index (κ1) is 13.5. The molecular formula is C14H18ClNO2. The molecule has 2 atom stereocenters. The summed E-state index contributed by atoms with van der Waals surface area (Å²) >= 11 is 6.01. The fourth-order valence-electron chi connectivity index (χ4n) is 2.34. The second-order valence-electron chi connectivity index (χ2n) is 4.97. The Hall–Kier alpha value is -0.900. The Morgan fingerprint density at radius 3 is 2.89 bits per heavy atom. The lowest BCUT2D eigenvalue weighted by atomic mass is 9.96. The largest absolute Gasteiger partial charge is 0.393 e. The topological polar surface area (TPSA) is 40.5 Å². The van der Waals surface area contributed by atoms with Gasteiger partial charge in [0.15, 0.2) is 5.78 Å². The highest BCUT2D eigenvalue weighted by Crippen LogP contribution is 2.19. The van der Waals surface area contributed by atoms with Crippen LogP contribution in [0, 0.1) is 5.92 Å². The summed E-state index contributed by atoms with van der Waals surface area (Å²) in [5.41, 5.74) is 0.581. The Morgan fingerprint density at radius 2 is 2.22 bits per heavy atom. The molecule has 1 aliphatic heterocycles. The Balaban J connectivity index is 1.98. The maximum atomic E-state index is 12.1. The highest BCUT2D eigenvalue weighted by molar-refractivity contribution is 6.34. The monoisotopic (exact) mass is 267 g/mol. The van der Waals surface area contributed by atoms with Gasteiger partial charge < -0.3 is 5.11 Å². The van der Waals surface area contributed by atoms with Crippen LogP contribution in [0.1, 0.15) is 23.7 Å². The van der Waals surface area contributed by atoms with Crippen molar-refractivity contribution >= 4 is 17.4 Å². The normalized spacial score (nSPS) is 25.1. The first-order valence-electron chi connectivity index (χ1n) is 6.26. The van der Waals surface area contributed by atoms with E-state index >= 15 is 0 Å². The molecule has 3 nitrogen and oxygen atoms in total. The molecule has 1 aliphatic rings. The number of hydrogen-bond acceptors (Lipinski definition) is 3. The third kappa shape index (κ3) is 3.10. The molecule has 0 aliphatic carbocycles. The number of carbonyl (C=O) groups is 1. The minimum absolute atomic E-state index is 0.0455. The van der Waals surface area contributed by atoms with Gasteiger partial charge in [0.1, 0.15) is 0 Å². The van der Waals surface area contributed by atoms with E-state index in [0.717, 1.165) is 19.5 Å². The number of benzene rings is 1. The van der Waals surface area contributed by atoms with Crippen LogP contribution in [0.5, 0.6) is 0 Å². The molecule has 0 amide bonds. The van der Waals surface area contributed by atoms with E-state index in [9.17, 15) is 9.90 Å². The number of nitrogens with zero attached hydrogens (tertiary/aromatic N) is 1. The van der Waals surface area contributed by atoms with Gasteiger partial charge >= 0.3 is 0 Å². The van der Waals surface area contributed by atoms with E-state index in [4.69, 9.17) is 11.6 Å². The zero-order valence-electron chi connectivity index (χ0n) is 10.5. The number of halogens is 1. The van der Waals surface area contributed by atoms with E-state index in [2.05, 4.69) is 4.90 Å². The van der Waals surface area contributed by atoms with Crippen molar-refractivity contribution < 1.29 is 9.90 Å². The summed E-state index contributed by atoms with van der Waals surface area (Å²) in [5.74, 6) is 0.266. The van der Waals surface area contributed by atoms with Crippen LogP contribution in [-0.2, 0) is 0 Å². The van der Waals surface area contributed by atoms with Crippen molar-refractivity contribution in [2.75, 3.05) is 19.6 Å². The molecule has 2 rings (SSSR count). The molecule has 0 saturated carbocycles. The molecule has 0 aromatic heterocycles. The highest BCUT2D eigenvalue weighted by Gasteiger charge is 2.25. The molecule has 1 fully saturated rings. The van der Waals surface area contributed by atoms with Gasteiger partial charge in [-0.15, -0.1) is 0 Å². The Bertz CT molecular complexity index is 436. The molecule has 18 heavy (non-hydrogen) atoms. The van der Waals surface area contributed by atoms with Crippen molar-refractivity contribution in [1.29, 1.82) is 0 Å². The van der Waals surface area contributed by atoms with Crippen molar-refractivity contribution in [2.45, 2.75) is 19.4 Å². The lowest BCUT2D eigenvalue weighted by Crippen LogP contribution is -2.44. The van der Waals surface area contributed by atoms with Gasteiger partial charge in [0, 0.05) is 18.7 Å². The summed E-state index contributed by atoms with van der Waals surface area (Å²) in [5, 5.41) is 10.2. The van der Waals surface area contributed by atoms with E-state index in [1.807, 2.05) is 19.1 Å². The smallest absolute Gasteiger partial charge is 0.178 e. The molecule has 0 bridgehead atoms. The number of hydrogen-bond donors (Lipinski definition) is 1. The minimum atomic E-state index is -0.239. The van der Waals surface area contributed by atoms with Gasteiger partial charge in [-0.2, -0.15) is 0 Å². The molecule has 1 aromatic rings. The average molecular weight is 268 g/mol. The van der Waals surface area contributed by atoms with E-state index in [0.29, 0.717) is 17.1 Å². The van der Waals surface area contributed by atoms with Crippen LogP contribution in [0.2, 0.25) is 5.02 Å². The van der Waals surface area contributed by atoms with Gasteiger partial charge in [0.2, 0.25) is 0 Å². The quantitative estimate of drug-likeness (QED) is 0.854. The van der Waals surface area contributed by atoms with Crippen LogP contribution >= 0.6 is 11.6 Å². The molecule has 2 unspecified atom stereocenters. The number of rotatable bonds is 3. The number of Topliss-reactive ketones (excluding diaryl/α,β-unsaturated/α-hetero) is 1. The van der Waals surface area contributed by atoms with Crippen molar-refractivity contribution in [3.05, 3.63) is 34.9 Å². The van der Waals surface area contributed by atoms with Crippen LogP contribution in [-0.4, -0.2) is 41.5 Å². The highest BCUT2D eigenvalue weighted by atomic mass is 35.5. The first-order chi connectivity index (χ1) is 8.58. The number of aliphatic hydroxyl groups excluding tert-OH is 1. The van der Waals surface area contributed by atoms with Gasteiger partial charge in [-0.3, -0.25) is 9.69 Å². The number of piperidine rings is 1. The lowest BCUT2D eigenvalue weighted by molar-refractivity contribution is 0.0344. The average Bonchev–Trinajstić information content (AvgIpc) is 2.34. The SMILES string of the molecule is CC1CN(CC(=O)c2ccccc2Cl)CCC1O. The van der Waals surface area contributed by atoms with Gasteiger partial charge in [0.25, 0.3) is 0 Å². The maximum Gasteiger partial charge on any atom is 0.178 e. The molecule has 1 aromatic carbocycles. The molecule has 0 radical (unpaired) electrons. The molecule has 98 valence electrons. The van der Waals surface area contributed by atoms with Crippen LogP contribution in [0.15, 0.2) is 24.3 Å². The second-order valence-corrected chi connectivity index (χ2v) is 5.38. The summed E-state index contributed by atoms with van der Waals surface area (Å²) in [6.45, 7) is 3.91. The van der Waals surface area contributed by atoms with Crippen molar-refractivity contribution in [3.63, 3.8) is 0 Å². The fraction of sp³-hybridized carbons (Fsp3) is 0.500. The predicted molar refractivity (Wildman–Crippen MR) is 72.0 cm³/mol. The summed E-state index contributed by atoms with van der Waals surface area (Å²) in [7, 11) is 0. The Morgan fingerprint density at radius 1 is 1.50 bits per heavy atom. The van der Waals surface area contributed by atoms with Crippen LogP contribution in [0.4, 0.5) is 0 Å². The molecular weight excluding hydrogens is 250 g/mol. The summed E-state index contributed by atoms with van der Waals surface area (Å²) < 4.78 is 0. The number of carbonyl (C=O) groups excluding carboxylic acids is 1. The summed E-state index contributed by atoms with van der Waals surface area (Å²) in [6, 6.07) is 7.13. The molecule has 1 N–H and O–H groups in total. The zero-order chi connectivity index (χ0) is 13.1.